The fourth-order valence-corrected chi connectivity index (χ4v) is 10.4. The van der Waals surface area contributed by atoms with E-state index >= 15 is 0 Å². The molecule has 0 saturated carbocycles. The zero-order chi connectivity index (χ0) is 42.2. The minimum Gasteiger partial charge on any atom is -0.457 e. The molecule has 0 unspecified atom stereocenters. The maximum atomic E-state index is 6.68. The molecule has 4 nitrogen and oxygen atoms in total. The van der Waals surface area contributed by atoms with Crippen molar-refractivity contribution in [2.75, 3.05) is 0 Å². The summed E-state index contributed by atoms with van der Waals surface area (Å²) in [5, 5.41) is 3.33. The Bertz CT molecular complexity index is 3590. The smallest absolute Gasteiger partial charge is 0.160 e. The van der Waals surface area contributed by atoms with Crippen LogP contribution in [0.5, 0.6) is 11.5 Å². The summed E-state index contributed by atoms with van der Waals surface area (Å²) in [7, 11) is 0. The Kier molecular flexibility index (Phi) is 8.09. The van der Waals surface area contributed by atoms with Crippen molar-refractivity contribution in [1.82, 2.24) is 15.0 Å². The monoisotopic (exact) mass is 815 g/mol. The van der Waals surface area contributed by atoms with E-state index in [-0.39, 0.29) is 0 Å². The van der Waals surface area contributed by atoms with Crippen molar-refractivity contribution >= 4 is 21.7 Å². The van der Waals surface area contributed by atoms with Crippen LogP contribution in [-0.2, 0) is 5.41 Å². The Hall–Kier alpha value is -8.47. The van der Waals surface area contributed by atoms with E-state index in [4.69, 9.17) is 19.7 Å². The molecule has 64 heavy (non-hydrogen) atoms. The fourth-order valence-electron chi connectivity index (χ4n) is 10.4. The number of benzene rings is 9. The van der Waals surface area contributed by atoms with Gasteiger partial charge in [-0.25, -0.2) is 15.0 Å². The first-order valence-electron chi connectivity index (χ1n) is 21.8. The molecule has 0 atom stereocenters. The van der Waals surface area contributed by atoms with Gasteiger partial charge in [0.15, 0.2) is 5.82 Å². The molecule has 4 heteroatoms. The summed E-state index contributed by atoms with van der Waals surface area (Å²) >= 11 is 0. The molecular formula is C60H37N3O. The van der Waals surface area contributed by atoms with Gasteiger partial charge in [-0.3, -0.25) is 0 Å². The van der Waals surface area contributed by atoms with Crippen LogP contribution in [0.4, 0.5) is 0 Å². The quantitative estimate of drug-likeness (QED) is 0.162. The molecule has 11 aromatic rings. The number of rotatable bonds is 5. The Morgan fingerprint density at radius 3 is 1.61 bits per heavy atom. The van der Waals surface area contributed by atoms with Crippen molar-refractivity contribution in [3.8, 4) is 78.9 Å². The second kappa shape index (κ2) is 14.3. The highest BCUT2D eigenvalue weighted by molar-refractivity contribution is 6.20. The molecule has 0 amide bonds. The van der Waals surface area contributed by atoms with Crippen LogP contribution in [-0.4, -0.2) is 15.0 Å². The van der Waals surface area contributed by atoms with Gasteiger partial charge in [0.2, 0.25) is 0 Å². The maximum absolute atomic E-state index is 6.68. The van der Waals surface area contributed by atoms with Crippen molar-refractivity contribution in [3.63, 3.8) is 0 Å². The lowest BCUT2D eigenvalue weighted by Gasteiger charge is -2.39. The number of pyridine rings is 1. The Morgan fingerprint density at radius 2 is 0.906 bits per heavy atom. The number of fused-ring (bicyclic) bond motifs is 13. The molecule has 1 spiro atoms. The summed E-state index contributed by atoms with van der Waals surface area (Å²) in [4.78, 5) is 16.0. The Labute approximate surface area is 370 Å². The van der Waals surface area contributed by atoms with Gasteiger partial charge < -0.3 is 4.74 Å². The highest BCUT2D eigenvalue weighted by Crippen LogP contribution is 2.63. The first kappa shape index (κ1) is 36.2. The van der Waals surface area contributed by atoms with E-state index in [0.29, 0.717) is 5.82 Å². The zero-order valence-electron chi connectivity index (χ0n) is 34.6. The SMILES string of the molecule is c1ccc(-c2cccc(-c3cc(-c4ccc5nc(-c6ccccc6)c6ccc7c(c6c5c4)-c4ccccc4C74c5ccccc5Oc5ccccc54)nc(-c4ccccc4)n3)c2)cc1. The first-order chi connectivity index (χ1) is 31.7. The van der Waals surface area contributed by atoms with Crippen LogP contribution in [0.3, 0.4) is 0 Å². The molecule has 0 saturated heterocycles. The summed E-state index contributed by atoms with van der Waals surface area (Å²) in [6, 6.07) is 79.5. The maximum Gasteiger partial charge on any atom is 0.160 e. The molecule has 1 aliphatic carbocycles. The normalized spacial score (nSPS) is 12.9. The predicted octanol–water partition coefficient (Wildman–Crippen LogP) is 15.0. The molecule has 3 heterocycles. The van der Waals surface area contributed by atoms with Crippen LogP contribution in [0.25, 0.3) is 89.1 Å². The van der Waals surface area contributed by atoms with Crippen LogP contribution < -0.4 is 4.74 Å². The van der Waals surface area contributed by atoms with E-state index in [9.17, 15) is 0 Å². The molecule has 1 aliphatic heterocycles. The summed E-state index contributed by atoms with van der Waals surface area (Å²) in [5.41, 5.74) is 16.5. The van der Waals surface area contributed by atoms with Crippen LogP contribution >= 0.6 is 0 Å². The lowest BCUT2D eigenvalue weighted by atomic mass is 9.66. The van der Waals surface area contributed by atoms with E-state index in [1.807, 2.05) is 18.2 Å². The molecule has 0 N–H and O–H groups in total. The molecule has 0 radical (unpaired) electrons. The van der Waals surface area contributed by atoms with Crippen molar-refractivity contribution in [2.45, 2.75) is 5.41 Å². The molecule has 9 aromatic carbocycles. The number of hydrogen-bond acceptors (Lipinski definition) is 4. The lowest BCUT2D eigenvalue weighted by Crippen LogP contribution is -2.32. The van der Waals surface area contributed by atoms with Gasteiger partial charge in [-0.15, -0.1) is 0 Å². The minimum absolute atomic E-state index is 0.605. The summed E-state index contributed by atoms with van der Waals surface area (Å²) in [6.45, 7) is 0. The van der Waals surface area contributed by atoms with E-state index in [2.05, 4.69) is 206 Å². The largest absolute Gasteiger partial charge is 0.457 e. The summed E-state index contributed by atoms with van der Waals surface area (Å²) < 4.78 is 6.68. The molecule has 2 aromatic heterocycles. The van der Waals surface area contributed by atoms with Crippen LogP contribution in [0.15, 0.2) is 224 Å². The van der Waals surface area contributed by atoms with Crippen molar-refractivity contribution in [1.29, 1.82) is 0 Å². The average Bonchev–Trinajstić information content (AvgIpc) is 3.67. The van der Waals surface area contributed by atoms with Crippen molar-refractivity contribution in [2.24, 2.45) is 0 Å². The topological polar surface area (TPSA) is 47.9 Å². The van der Waals surface area contributed by atoms with Gasteiger partial charge in [0, 0.05) is 49.5 Å². The number of ether oxygens (including phenoxy) is 1. The highest BCUT2D eigenvalue weighted by atomic mass is 16.5. The van der Waals surface area contributed by atoms with Crippen molar-refractivity contribution < 1.29 is 4.74 Å². The predicted molar refractivity (Wildman–Crippen MR) is 259 cm³/mol. The van der Waals surface area contributed by atoms with Gasteiger partial charge in [-0.1, -0.05) is 188 Å². The molecule has 2 aliphatic rings. The summed E-state index contributed by atoms with van der Waals surface area (Å²) in [5.74, 6) is 2.42. The number of hydrogen-bond donors (Lipinski definition) is 0. The van der Waals surface area contributed by atoms with Gasteiger partial charge in [0.05, 0.1) is 28.0 Å². The molecule has 298 valence electrons. The summed E-state index contributed by atoms with van der Waals surface area (Å²) in [6.07, 6.45) is 0. The molecular weight excluding hydrogens is 779 g/mol. The average molecular weight is 816 g/mol. The third kappa shape index (κ3) is 5.46. The molecule has 0 bridgehead atoms. The number of nitrogens with zero attached hydrogens (tertiary/aromatic N) is 3. The second-order valence-electron chi connectivity index (χ2n) is 16.6. The Morgan fingerprint density at radius 1 is 0.344 bits per heavy atom. The third-order valence-electron chi connectivity index (χ3n) is 13.1. The molecule has 13 rings (SSSR count). The van der Waals surface area contributed by atoms with Crippen LogP contribution in [0, 0.1) is 0 Å². The van der Waals surface area contributed by atoms with E-state index < -0.39 is 5.41 Å². The molecule has 0 fully saturated rings. The third-order valence-corrected chi connectivity index (χ3v) is 13.1. The number of aromatic nitrogens is 3. The minimum atomic E-state index is -0.605. The van der Waals surface area contributed by atoms with E-state index in [1.165, 1.54) is 27.6 Å². The van der Waals surface area contributed by atoms with Gasteiger partial charge in [0.25, 0.3) is 0 Å². The number of para-hydroxylation sites is 2. The van der Waals surface area contributed by atoms with Gasteiger partial charge in [-0.2, -0.15) is 0 Å². The second-order valence-corrected chi connectivity index (χ2v) is 16.6. The van der Waals surface area contributed by atoms with E-state index in [0.717, 1.165) is 89.4 Å². The van der Waals surface area contributed by atoms with Crippen LogP contribution in [0.1, 0.15) is 22.3 Å². The fraction of sp³-hybridized carbons (Fsp3) is 0.0167. The van der Waals surface area contributed by atoms with Gasteiger partial charge >= 0.3 is 0 Å². The van der Waals surface area contributed by atoms with Crippen molar-refractivity contribution in [3.05, 3.63) is 247 Å². The van der Waals surface area contributed by atoms with E-state index in [1.54, 1.807) is 0 Å². The first-order valence-corrected chi connectivity index (χ1v) is 21.8. The zero-order valence-corrected chi connectivity index (χ0v) is 34.6. The van der Waals surface area contributed by atoms with Crippen LogP contribution in [0.2, 0.25) is 0 Å². The van der Waals surface area contributed by atoms with Gasteiger partial charge in [-0.05, 0) is 69.8 Å². The lowest BCUT2D eigenvalue weighted by molar-refractivity contribution is 0.436. The van der Waals surface area contributed by atoms with Gasteiger partial charge in [0.1, 0.15) is 11.5 Å². The Balaban J connectivity index is 1.11. The highest BCUT2D eigenvalue weighted by Gasteiger charge is 2.51. The standard InChI is InChI=1S/C60H37N3O/c1-4-17-38(18-5-1)41-23-16-24-42(35-41)52-37-53(63-59(62-52)40-21-8-3-9-22-40)43-31-34-51-46(36-43)56-45(58(61-51)39-19-6-2-7-20-39)32-33-50-57(56)44-25-10-11-26-47(44)60(50)48-27-12-14-29-54(48)64-55-30-15-13-28-49(55)60/h1-37H.